The van der Waals surface area contributed by atoms with E-state index in [0.29, 0.717) is 0 Å². The van der Waals surface area contributed by atoms with Gasteiger partial charge in [-0.2, -0.15) is 0 Å². The van der Waals surface area contributed by atoms with E-state index in [1.165, 1.54) is 6.42 Å². The van der Waals surface area contributed by atoms with Crippen LogP contribution in [0.3, 0.4) is 0 Å². The van der Waals surface area contributed by atoms with E-state index in [9.17, 15) is 4.79 Å². The molecule has 1 saturated heterocycles. The maximum absolute atomic E-state index is 12.5. The molecule has 0 aromatic carbocycles. The van der Waals surface area contributed by atoms with Gasteiger partial charge in [0, 0.05) is 18.5 Å². The number of likely N-dealkylation sites (tertiary alicyclic amines) is 1. The molecule has 0 spiro atoms. The first-order valence-electron chi connectivity index (χ1n) is 7.82. The van der Waals surface area contributed by atoms with Crippen molar-refractivity contribution in [1.29, 1.82) is 0 Å². The number of nitrogens with one attached hydrogen (secondary N) is 1. The van der Waals surface area contributed by atoms with Gasteiger partial charge < -0.3 is 10.2 Å². The van der Waals surface area contributed by atoms with Gasteiger partial charge >= 0.3 is 0 Å². The molecule has 118 valence electrons. The van der Waals surface area contributed by atoms with Gasteiger partial charge in [0.1, 0.15) is 4.88 Å². The first-order chi connectivity index (χ1) is 9.91. The number of carbonyl (C=O) groups is 1. The van der Waals surface area contributed by atoms with Crippen LogP contribution in [0.2, 0.25) is 0 Å². The van der Waals surface area contributed by atoms with Crippen molar-refractivity contribution in [3.63, 3.8) is 0 Å². The van der Waals surface area contributed by atoms with Crippen molar-refractivity contribution in [2.75, 3.05) is 26.7 Å². The van der Waals surface area contributed by atoms with E-state index in [0.717, 1.165) is 48.3 Å². The molecular weight excluding hydrogens is 282 g/mol. The third-order valence-electron chi connectivity index (χ3n) is 4.06. The molecular formula is C16H27N3OS. The van der Waals surface area contributed by atoms with E-state index in [-0.39, 0.29) is 11.3 Å². The fourth-order valence-electron chi connectivity index (χ4n) is 2.65. The van der Waals surface area contributed by atoms with Crippen LogP contribution in [0.15, 0.2) is 6.20 Å². The van der Waals surface area contributed by atoms with E-state index in [1.807, 2.05) is 11.9 Å². The second kappa shape index (κ2) is 6.88. The largest absolute Gasteiger partial charge is 0.338 e. The van der Waals surface area contributed by atoms with Crippen molar-refractivity contribution in [2.45, 2.75) is 45.4 Å². The van der Waals surface area contributed by atoms with E-state index < -0.39 is 0 Å². The summed E-state index contributed by atoms with van der Waals surface area (Å²) in [4.78, 5) is 19.7. The Labute approximate surface area is 132 Å². The molecule has 0 unspecified atom stereocenters. The number of amides is 1. The lowest BCUT2D eigenvalue weighted by molar-refractivity contribution is 0.0692. The predicted octanol–water partition coefficient (Wildman–Crippen LogP) is 2.90. The summed E-state index contributed by atoms with van der Waals surface area (Å²) in [5.41, 5.74) is 0.0172. The number of nitrogens with zero attached hydrogens (tertiary/aromatic N) is 2. The normalized spacial score (nSPS) is 17.2. The molecule has 2 heterocycles. The summed E-state index contributed by atoms with van der Waals surface area (Å²) in [5.74, 6) is 0.920. The van der Waals surface area contributed by atoms with E-state index >= 15 is 0 Å². The summed E-state index contributed by atoms with van der Waals surface area (Å²) >= 11 is 1.54. The Morgan fingerprint density at radius 3 is 2.62 bits per heavy atom. The first kappa shape index (κ1) is 16.4. The minimum atomic E-state index is 0.0172. The van der Waals surface area contributed by atoms with Gasteiger partial charge in [-0.05, 0) is 38.8 Å². The molecule has 1 aliphatic heterocycles. The zero-order chi connectivity index (χ0) is 15.5. The molecule has 0 saturated carbocycles. The minimum absolute atomic E-state index is 0.0172. The highest BCUT2D eigenvalue weighted by atomic mass is 32.1. The van der Waals surface area contributed by atoms with Crippen LogP contribution in [-0.4, -0.2) is 42.5 Å². The predicted molar refractivity (Wildman–Crippen MR) is 88.0 cm³/mol. The Kier molecular flexibility index (Phi) is 5.38. The standard InChI is InChI=1S/C16H27N3OS/c1-16(2,3)15-18-11-13(21-15)14(20)19-9-6-12(7-10-19)5-8-17-4/h11-12,17H,5-10H2,1-4H3. The summed E-state index contributed by atoms with van der Waals surface area (Å²) in [6, 6.07) is 0. The minimum Gasteiger partial charge on any atom is -0.338 e. The van der Waals surface area contributed by atoms with Gasteiger partial charge in [-0.3, -0.25) is 4.79 Å². The molecule has 1 aromatic rings. The van der Waals surface area contributed by atoms with Crippen molar-refractivity contribution in [3.05, 3.63) is 16.1 Å². The molecule has 2 rings (SSSR count). The molecule has 0 aliphatic carbocycles. The molecule has 1 aromatic heterocycles. The fraction of sp³-hybridized carbons (Fsp3) is 0.750. The summed E-state index contributed by atoms with van der Waals surface area (Å²) in [7, 11) is 2.00. The maximum Gasteiger partial charge on any atom is 0.265 e. The van der Waals surface area contributed by atoms with Gasteiger partial charge in [0.05, 0.1) is 11.2 Å². The van der Waals surface area contributed by atoms with Crippen molar-refractivity contribution in [3.8, 4) is 0 Å². The van der Waals surface area contributed by atoms with Crippen LogP contribution in [0, 0.1) is 5.92 Å². The summed E-state index contributed by atoms with van der Waals surface area (Å²) < 4.78 is 0. The molecule has 1 fully saturated rings. The highest BCUT2D eigenvalue weighted by molar-refractivity contribution is 7.13. The lowest BCUT2D eigenvalue weighted by Gasteiger charge is -2.31. The molecule has 21 heavy (non-hydrogen) atoms. The average Bonchev–Trinajstić information content (AvgIpc) is 2.95. The Bertz CT molecular complexity index is 470. The third kappa shape index (κ3) is 4.27. The summed E-state index contributed by atoms with van der Waals surface area (Å²) in [6.07, 6.45) is 5.21. The van der Waals surface area contributed by atoms with Crippen LogP contribution in [0.25, 0.3) is 0 Å². The van der Waals surface area contributed by atoms with Gasteiger partial charge in [0.25, 0.3) is 5.91 Å². The third-order valence-corrected chi connectivity index (χ3v) is 5.47. The number of hydrogen-bond acceptors (Lipinski definition) is 4. The van der Waals surface area contributed by atoms with E-state index in [1.54, 1.807) is 17.5 Å². The van der Waals surface area contributed by atoms with Gasteiger partial charge in [0.2, 0.25) is 0 Å². The van der Waals surface area contributed by atoms with Crippen molar-refractivity contribution in [1.82, 2.24) is 15.2 Å². The van der Waals surface area contributed by atoms with Crippen LogP contribution in [0.4, 0.5) is 0 Å². The van der Waals surface area contributed by atoms with Gasteiger partial charge in [-0.25, -0.2) is 4.98 Å². The topological polar surface area (TPSA) is 45.2 Å². The van der Waals surface area contributed by atoms with Crippen molar-refractivity contribution >= 4 is 17.2 Å². The Morgan fingerprint density at radius 2 is 2.10 bits per heavy atom. The second-order valence-corrected chi connectivity index (χ2v) is 7.94. The van der Waals surface area contributed by atoms with Crippen LogP contribution in [-0.2, 0) is 5.41 Å². The number of hydrogen-bond donors (Lipinski definition) is 1. The number of piperidine rings is 1. The highest BCUT2D eigenvalue weighted by Gasteiger charge is 2.26. The van der Waals surface area contributed by atoms with E-state index in [4.69, 9.17) is 0 Å². The van der Waals surface area contributed by atoms with Crippen molar-refractivity contribution in [2.24, 2.45) is 5.92 Å². The maximum atomic E-state index is 12.5. The van der Waals surface area contributed by atoms with Gasteiger partial charge in [-0.1, -0.05) is 20.8 Å². The average molecular weight is 309 g/mol. The summed E-state index contributed by atoms with van der Waals surface area (Å²) in [5, 5.41) is 4.24. The molecule has 1 amide bonds. The molecule has 0 atom stereocenters. The monoisotopic (exact) mass is 309 g/mol. The molecule has 1 aliphatic rings. The lowest BCUT2D eigenvalue weighted by Crippen LogP contribution is -2.38. The van der Waals surface area contributed by atoms with Gasteiger partial charge in [0.15, 0.2) is 0 Å². The second-order valence-electron chi connectivity index (χ2n) is 6.91. The molecule has 5 heteroatoms. The van der Waals surface area contributed by atoms with Crippen LogP contribution >= 0.6 is 11.3 Å². The van der Waals surface area contributed by atoms with Crippen LogP contribution in [0.1, 0.15) is 54.7 Å². The Morgan fingerprint density at radius 1 is 1.43 bits per heavy atom. The summed E-state index contributed by atoms with van der Waals surface area (Å²) in [6.45, 7) is 9.24. The van der Waals surface area contributed by atoms with Crippen LogP contribution < -0.4 is 5.32 Å². The van der Waals surface area contributed by atoms with Gasteiger partial charge in [-0.15, -0.1) is 11.3 Å². The zero-order valence-corrected chi connectivity index (χ0v) is 14.4. The SMILES string of the molecule is CNCCC1CCN(C(=O)c2cnc(C(C)(C)C)s2)CC1. The molecule has 0 radical (unpaired) electrons. The van der Waals surface area contributed by atoms with E-state index in [2.05, 4.69) is 31.1 Å². The fourth-order valence-corrected chi connectivity index (χ4v) is 3.59. The first-order valence-corrected chi connectivity index (χ1v) is 8.63. The quantitative estimate of drug-likeness (QED) is 0.930. The van der Waals surface area contributed by atoms with Crippen LogP contribution in [0.5, 0.6) is 0 Å². The zero-order valence-electron chi connectivity index (χ0n) is 13.6. The molecule has 4 nitrogen and oxygen atoms in total. The number of aromatic nitrogens is 1. The smallest absolute Gasteiger partial charge is 0.265 e. The highest BCUT2D eigenvalue weighted by Crippen LogP contribution is 2.28. The number of rotatable bonds is 4. The number of thiazole rings is 1. The molecule has 0 bridgehead atoms. The van der Waals surface area contributed by atoms with Crippen molar-refractivity contribution < 1.29 is 4.79 Å². The molecule has 1 N–H and O–H groups in total. The Hall–Kier alpha value is -0.940. The lowest BCUT2D eigenvalue weighted by atomic mass is 9.93. The number of carbonyl (C=O) groups excluding carboxylic acids is 1. The Balaban J connectivity index is 1.91.